The number of carbonyl (C=O) groups is 3. The first-order valence-electron chi connectivity index (χ1n) is 10.9. The standard InChI is InChI=1S/C23H33N3O6/c1-23(2,3)32-22(30)26-15-17(27)14-19(26)21(29)25-10-8-24(9-11-25)20(28)13-16-6-5-7-18(12-16)31-4/h5-7,12,17,19,27H,8-11,13-15H2,1-4H3/t17-,19+/m0/s1. The number of likely N-dealkylation sites (tertiary alicyclic amines) is 1. The van der Waals surface area contributed by atoms with E-state index in [1.807, 2.05) is 24.3 Å². The van der Waals surface area contributed by atoms with Crippen molar-refractivity contribution >= 4 is 17.9 Å². The summed E-state index contributed by atoms with van der Waals surface area (Å²) in [6, 6.07) is 6.66. The van der Waals surface area contributed by atoms with Crippen molar-refractivity contribution in [2.75, 3.05) is 39.8 Å². The highest BCUT2D eigenvalue weighted by Crippen LogP contribution is 2.24. The molecule has 1 N–H and O–H groups in total. The van der Waals surface area contributed by atoms with Crippen LogP contribution in [0.5, 0.6) is 5.75 Å². The molecule has 0 saturated carbocycles. The Morgan fingerprint density at radius 2 is 1.75 bits per heavy atom. The topological polar surface area (TPSA) is 99.6 Å². The van der Waals surface area contributed by atoms with Gasteiger partial charge in [-0.2, -0.15) is 0 Å². The van der Waals surface area contributed by atoms with Gasteiger partial charge in [0, 0.05) is 32.6 Å². The minimum atomic E-state index is -0.762. The molecule has 0 unspecified atom stereocenters. The van der Waals surface area contributed by atoms with Crippen LogP contribution >= 0.6 is 0 Å². The third kappa shape index (κ3) is 5.91. The molecule has 2 aliphatic rings. The summed E-state index contributed by atoms with van der Waals surface area (Å²) in [6.07, 6.45) is -0.902. The molecule has 0 aromatic heterocycles. The third-order valence-electron chi connectivity index (χ3n) is 5.63. The number of piperazine rings is 1. The normalized spacial score (nSPS) is 21.5. The predicted molar refractivity (Wildman–Crippen MR) is 117 cm³/mol. The lowest BCUT2D eigenvalue weighted by molar-refractivity contribution is -0.142. The van der Waals surface area contributed by atoms with Gasteiger partial charge in [-0.3, -0.25) is 14.5 Å². The molecular weight excluding hydrogens is 414 g/mol. The predicted octanol–water partition coefficient (Wildman–Crippen LogP) is 1.28. The average molecular weight is 448 g/mol. The van der Waals surface area contributed by atoms with Gasteiger partial charge in [-0.25, -0.2) is 4.79 Å². The summed E-state index contributed by atoms with van der Waals surface area (Å²) < 4.78 is 10.6. The van der Waals surface area contributed by atoms with E-state index in [9.17, 15) is 19.5 Å². The lowest BCUT2D eigenvalue weighted by Gasteiger charge is -2.37. The van der Waals surface area contributed by atoms with Crippen molar-refractivity contribution in [3.8, 4) is 5.75 Å². The summed E-state index contributed by atoms with van der Waals surface area (Å²) in [5.41, 5.74) is 0.188. The van der Waals surface area contributed by atoms with Crippen LogP contribution in [0.3, 0.4) is 0 Å². The zero-order valence-electron chi connectivity index (χ0n) is 19.2. The second-order valence-corrected chi connectivity index (χ2v) is 9.27. The Balaban J connectivity index is 1.56. The number of amides is 3. The van der Waals surface area contributed by atoms with Crippen LogP contribution in [0.25, 0.3) is 0 Å². The molecule has 1 aromatic carbocycles. The molecule has 0 bridgehead atoms. The molecule has 1 aromatic rings. The van der Waals surface area contributed by atoms with E-state index in [1.54, 1.807) is 37.7 Å². The quantitative estimate of drug-likeness (QED) is 0.747. The molecule has 176 valence electrons. The lowest BCUT2D eigenvalue weighted by Crippen LogP contribution is -2.55. The minimum Gasteiger partial charge on any atom is -0.497 e. The zero-order chi connectivity index (χ0) is 23.5. The molecule has 3 amide bonds. The average Bonchev–Trinajstić information content (AvgIpc) is 3.14. The van der Waals surface area contributed by atoms with Gasteiger partial charge in [0.25, 0.3) is 0 Å². The van der Waals surface area contributed by atoms with E-state index < -0.39 is 23.8 Å². The van der Waals surface area contributed by atoms with Crippen molar-refractivity contribution in [2.45, 2.75) is 51.4 Å². The molecule has 2 heterocycles. The van der Waals surface area contributed by atoms with Crippen LogP contribution in [-0.4, -0.2) is 95.3 Å². The molecular formula is C23H33N3O6. The van der Waals surface area contributed by atoms with Crippen LogP contribution in [0.15, 0.2) is 24.3 Å². The fraction of sp³-hybridized carbons (Fsp3) is 0.609. The van der Waals surface area contributed by atoms with Crippen LogP contribution in [0.1, 0.15) is 32.8 Å². The van der Waals surface area contributed by atoms with Crippen molar-refractivity contribution in [1.82, 2.24) is 14.7 Å². The Kier molecular flexibility index (Phi) is 7.28. The first-order chi connectivity index (χ1) is 15.1. The fourth-order valence-corrected chi connectivity index (χ4v) is 4.03. The number of benzene rings is 1. The number of methoxy groups -OCH3 is 1. The van der Waals surface area contributed by atoms with Crippen molar-refractivity contribution in [1.29, 1.82) is 0 Å². The Morgan fingerprint density at radius 3 is 2.38 bits per heavy atom. The van der Waals surface area contributed by atoms with Crippen LogP contribution in [0.2, 0.25) is 0 Å². The van der Waals surface area contributed by atoms with Crippen LogP contribution < -0.4 is 4.74 Å². The molecule has 2 aliphatic heterocycles. The molecule has 2 atom stereocenters. The number of aliphatic hydroxyl groups excluding tert-OH is 1. The van der Waals surface area contributed by atoms with Gasteiger partial charge in [0.1, 0.15) is 17.4 Å². The summed E-state index contributed by atoms with van der Waals surface area (Å²) >= 11 is 0. The Hall–Kier alpha value is -2.81. The van der Waals surface area contributed by atoms with Gasteiger partial charge in [0.05, 0.1) is 26.2 Å². The maximum Gasteiger partial charge on any atom is 0.411 e. The van der Waals surface area contributed by atoms with Gasteiger partial charge >= 0.3 is 6.09 Å². The van der Waals surface area contributed by atoms with E-state index >= 15 is 0 Å². The highest BCUT2D eigenvalue weighted by Gasteiger charge is 2.43. The van der Waals surface area contributed by atoms with Gasteiger partial charge < -0.3 is 24.4 Å². The van der Waals surface area contributed by atoms with Crippen molar-refractivity contribution < 1.29 is 29.0 Å². The number of ether oxygens (including phenoxy) is 2. The number of carbonyl (C=O) groups excluding carboxylic acids is 3. The number of hydrogen-bond donors (Lipinski definition) is 1. The minimum absolute atomic E-state index is 0.00276. The fourth-order valence-electron chi connectivity index (χ4n) is 4.03. The van der Waals surface area contributed by atoms with Crippen LogP contribution in [-0.2, 0) is 20.7 Å². The van der Waals surface area contributed by atoms with E-state index in [1.165, 1.54) is 4.90 Å². The smallest absolute Gasteiger partial charge is 0.411 e. The molecule has 0 spiro atoms. The summed E-state index contributed by atoms with van der Waals surface area (Å²) in [4.78, 5) is 43.1. The van der Waals surface area contributed by atoms with E-state index in [0.29, 0.717) is 31.9 Å². The summed E-state index contributed by atoms with van der Waals surface area (Å²) in [5, 5.41) is 10.1. The van der Waals surface area contributed by atoms with Gasteiger partial charge in [-0.15, -0.1) is 0 Å². The number of rotatable bonds is 4. The number of nitrogens with zero attached hydrogens (tertiary/aromatic N) is 3. The van der Waals surface area contributed by atoms with Crippen LogP contribution in [0.4, 0.5) is 4.79 Å². The van der Waals surface area contributed by atoms with E-state index in [4.69, 9.17) is 9.47 Å². The number of aliphatic hydroxyl groups is 1. The molecule has 2 fully saturated rings. The van der Waals surface area contributed by atoms with Crippen molar-refractivity contribution in [2.24, 2.45) is 0 Å². The first-order valence-corrected chi connectivity index (χ1v) is 10.9. The molecule has 32 heavy (non-hydrogen) atoms. The number of β-amino-alcohol motifs (C(OH)–C–C–N with tert-alkyl or cyclic N) is 1. The zero-order valence-corrected chi connectivity index (χ0v) is 19.2. The molecule has 3 rings (SSSR count). The van der Waals surface area contributed by atoms with E-state index in [0.717, 1.165) is 5.56 Å². The Bertz CT molecular complexity index is 844. The van der Waals surface area contributed by atoms with Gasteiger partial charge in [0.2, 0.25) is 11.8 Å². The van der Waals surface area contributed by atoms with Gasteiger partial charge in [-0.05, 0) is 38.5 Å². The second-order valence-electron chi connectivity index (χ2n) is 9.27. The van der Waals surface area contributed by atoms with Crippen molar-refractivity contribution in [3.63, 3.8) is 0 Å². The van der Waals surface area contributed by atoms with Crippen LogP contribution in [0, 0.1) is 0 Å². The lowest BCUT2D eigenvalue weighted by atomic mass is 10.1. The Morgan fingerprint density at radius 1 is 1.09 bits per heavy atom. The highest BCUT2D eigenvalue weighted by atomic mass is 16.6. The molecule has 0 radical (unpaired) electrons. The maximum atomic E-state index is 13.1. The maximum absolute atomic E-state index is 13.1. The first kappa shape index (κ1) is 23.8. The van der Waals surface area contributed by atoms with E-state index in [-0.39, 0.29) is 31.2 Å². The molecule has 9 nitrogen and oxygen atoms in total. The van der Waals surface area contributed by atoms with E-state index in [2.05, 4.69) is 0 Å². The SMILES string of the molecule is COc1cccc(CC(=O)N2CCN(C(=O)[C@H]3C[C@H](O)CN3C(=O)OC(C)(C)C)CC2)c1. The van der Waals surface area contributed by atoms with Gasteiger partial charge in [-0.1, -0.05) is 12.1 Å². The Labute approximate surface area is 188 Å². The van der Waals surface area contributed by atoms with Gasteiger partial charge in [0.15, 0.2) is 0 Å². The highest BCUT2D eigenvalue weighted by molar-refractivity contribution is 5.87. The summed E-state index contributed by atoms with van der Waals surface area (Å²) in [5.74, 6) is 0.489. The molecule has 9 heteroatoms. The van der Waals surface area contributed by atoms with Crippen molar-refractivity contribution in [3.05, 3.63) is 29.8 Å². The number of hydrogen-bond acceptors (Lipinski definition) is 6. The summed E-state index contributed by atoms with van der Waals surface area (Å²) in [6.45, 7) is 6.98. The molecule has 0 aliphatic carbocycles. The monoisotopic (exact) mass is 447 g/mol. The largest absolute Gasteiger partial charge is 0.497 e. The molecule has 2 saturated heterocycles. The summed E-state index contributed by atoms with van der Waals surface area (Å²) in [7, 11) is 1.59. The second kappa shape index (κ2) is 9.77. The third-order valence-corrected chi connectivity index (χ3v) is 5.63.